The number of carbonyl (C=O) groups is 2. The van der Waals surface area contributed by atoms with Crippen molar-refractivity contribution in [2.45, 2.75) is 31.4 Å². The van der Waals surface area contributed by atoms with Crippen LogP contribution < -0.4 is 5.73 Å². The van der Waals surface area contributed by atoms with Crippen LogP contribution in [0.15, 0.2) is 30.3 Å². The van der Waals surface area contributed by atoms with E-state index in [1.807, 2.05) is 13.0 Å². The smallest absolute Gasteiger partial charge is 0.411 e. The minimum Gasteiger partial charge on any atom is -0.493 e. The first-order chi connectivity index (χ1) is 15.7. The number of aromatic carboxylic acids is 1. The molecule has 10 nitrogen and oxygen atoms in total. The standard InChI is InChI=1S/C23H24N4O6/c1-11(27-10-23(33-22(27)32)7-12(8-23)9-24)14-3-2-4-15-18(20(21(30)31)26-19(14)15)13-5-16(28)25-17(29)6-13/h2-6,11-12,26H,7-10,24H2,1H3,(H,30,31)(H2,25,28,29)/t11-,12?,23?/m0/s1. The van der Waals surface area contributed by atoms with Crippen LogP contribution in [-0.2, 0) is 4.74 Å². The van der Waals surface area contributed by atoms with Crippen LogP contribution in [-0.4, -0.2) is 60.9 Å². The van der Waals surface area contributed by atoms with Gasteiger partial charge >= 0.3 is 12.1 Å². The molecule has 0 radical (unpaired) electrons. The lowest BCUT2D eigenvalue weighted by atomic mass is 9.71. The lowest BCUT2D eigenvalue weighted by Gasteiger charge is -2.42. The number of benzene rings is 1. The van der Waals surface area contributed by atoms with Crippen LogP contribution in [0.1, 0.15) is 41.9 Å². The molecule has 2 fully saturated rings. The van der Waals surface area contributed by atoms with Crippen molar-refractivity contribution in [1.29, 1.82) is 0 Å². The van der Waals surface area contributed by atoms with E-state index in [4.69, 9.17) is 10.5 Å². The maximum absolute atomic E-state index is 12.7. The Bertz CT molecular complexity index is 1260. The summed E-state index contributed by atoms with van der Waals surface area (Å²) < 4.78 is 5.71. The first-order valence-electron chi connectivity index (χ1n) is 10.7. The number of carbonyl (C=O) groups excluding carboxylic acids is 1. The predicted octanol–water partition coefficient (Wildman–Crippen LogP) is 2.96. The molecule has 1 spiro atoms. The van der Waals surface area contributed by atoms with E-state index in [9.17, 15) is 24.9 Å². The van der Waals surface area contributed by atoms with Crippen molar-refractivity contribution < 1.29 is 29.6 Å². The van der Waals surface area contributed by atoms with E-state index in [2.05, 4.69) is 9.97 Å². The summed E-state index contributed by atoms with van der Waals surface area (Å²) >= 11 is 0. The number of ether oxygens (including phenoxy) is 1. The van der Waals surface area contributed by atoms with Crippen LogP contribution in [0.2, 0.25) is 0 Å². The molecule has 5 rings (SSSR count). The van der Waals surface area contributed by atoms with Gasteiger partial charge in [-0.05, 0) is 43.4 Å². The summed E-state index contributed by atoms with van der Waals surface area (Å²) in [6, 6.07) is 7.56. The summed E-state index contributed by atoms with van der Waals surface area (Å²) in [4.78, 5) is 32.9. The van der Waals surface area contributed by atoms with Crippen molar-refractivity contribution in [2.75, 3.05) is 13.1 Å². The molecular weight excluding hydrogens is 428 g/mol. The van der Waals surface area contributed by atoms with Gasteiger partial charge in [-0.15, -0.1) is 0 Å². The van der Waals surface area contributed by atoms with E-state index >= 15 is 0 Å². The third kappa shape index (κ3) is 3.34. The Morgan fingerprint density at radius 3 is 2.67 bits per heavy atom. The molecule has 1 aliphatic heterocycles. The summed E-state index contributed by atoms with van der Waals surface area (Å²) in [7, 11) is 0. The van der Waals surface area contributed by atoms with E-state index in [1.165, 1.54) is 12.1 Å². The molecule has 2 aliphatic rings. The molecule has 1 aromatic carbocycles. The van der Waals surface area contributed by atoms with Crippen molar-refractivity contribution in [3.8, 4) is 22.9 Å². The number of pyridine rings is 1. The van der Waals surface area contributed by atoms with Gasteiger partial charge in [0, 0.05) is 23.1 Å². The molecule has 1 aliphatic carbocycles. The Labute approximate surface area is 188 Å². The van der Waals surface area contributed by atoms with Crippen LogP contribution in [0.25, 0.3) is 22.0 Å². The van der Waals surface area contributed by atoms with Gasteiger partial charge in [0.2, 0.25) is 11.8 Å². The fraction of sp³-hybridized carbons (Fsp3) is 0.348. The lowest BCUT2D eigenvalue weighted by Crippen LogP contribution is -2.49. The zero-order valence-corrected chi connectivity index (χ0v) is 17.9. The second-order valence-electron chi connectivity index (χ2n) is 8.89. The van der Waals surface area contributed by atoms with E-state index in [1.54, 1.807) is 17.0 Å². The Kier molecular flexibility index (Phi) is 4.71. The molecular formula is C23H24N4O6. The third-order valence-electron chi connectivity index (χ3n) is 6.74. The number of amides is 1. The molecule has 1 atom stereocenters. The molecule has 1 saturated carbocycles. The zero-order valence-electron chi connectivity index (χ0n) is 17.9. The molecule has 6 N–H and O–H groups in total. The molecule has 3 heterocycles. The molecule has 0 unspecified atom stereocenters. The number of carboxylic acids is 1. The number of aromatic amines is 1. The Balaban J connectivity index is 1.58. The third-order valence-corrected chi connectivity index (χ3v) is 6.74. The zero-order chi connectivity index (χ0) is 23.5. The van der Waals surface area contributed by atoms with Gasteiger partial charge in [0.1, 0.15) is 11.3 Å². The van der Waals surface area contributed by atoms with Gasteiger partial charge in [0.05, 0.1) is 18.1 Å². The number of nitrogens with one attached hydrogen (secondary N) is 1. The van der Waals surface area contributed by atoms with E-state index < -0.39 is 29.4 Å². The number of aromatic nitrogens is 2. The van der Waals surface area contributed by atoms with Crippen LogP contribution in [0.4, 0.5) is 4.79 Å². The number of fused-ring (bicyclic) bond motifs is 1. The lowest BCUT2D eigenvalue weighted by molar-refractivity contribution is -0.0439. The minimum atomic E-state index is -1.20. The summed E-state index contributed by atoms with van der Waals surface area (Å²) in [5, 5.41) is 30.1. The van der Waals surface area contributed by atoms with Crippen molar-refractivity contribution >= 4 is 23.0 Å². The van der Waals surface area contributed by atoms with Gasteiger partial charge in [0.15, 0.2) is 0 Å². The van der Waals surface area contributed by atoms with E-state index in [-0.39, 0.29) is 11.7 Å². The molecule has 3 aromatic rings. The predicted molar refractivity (Wildman–Crippen MR) is 118 cm³/mol. The molecule has 33 heavy (non-hydrogen) atoms. The van der Waals surface area contributed by atoms with Gasteiger partial charge in [-0.2, -0.15) is 4.98 Å². The number of nitrogens with two attached hydrogens (primary N) is 1. The normalized spacial score (nSPS) is 23.0. The molecule has 1 amide bonds. The first-order valence-corrected chi connectivity index (χ1v) is 10.7. The minimum absolute atomic E-state index is 0.0973. The van der Waals surface area contributed by atoms with Gasteiger partial charge in [0.25, 0.3) is 0 Å². The number of rotatable bonds is 5. The summed E-state index contributed by atoms with van der Waals surface area (Å²) in [5.41, 5.74) is 7.03. The summed E-state index contributed by atoms with van der Waals surface area (Å²) in [5.74, 6) is -1.70. The second-order valence-corrected chi connectivity index (χ2v) is 8.89. The molecule has 0 bridgehead atoms. The summed E-state index contributed by atoms with van der Waals surface area (Å²) in [6.45, 7) is 2.89. The van der Waals surface area contributed by atoms with Crippen molar-refractivity contribution in [1.82, 2.24) is 14.9 Å². The second kappa shape index (κ2) is 7.38. The average Bonchev–Trinajstić information content (AvgIpc) is 3.29. The topological polar surface area (TPSA) is 162 Å². The number of aromatic hydroxyl groups is 2. The Hall–Kier alpha value is -3.79. The fourth-order valence-corrected chi connectivity index (χ4v) is 5.18. The van der Waals surface area contributed by atoms with Crippen LogP contribution in [0.3, 0.4) is 0 Å². The van der Waals surface area contributed by atoms with Gasteiger partial charge < -0.3 is 30.8 Å². The van der Waals surface area contributed by atoms with E-state index in [0.29, 0.717) is 41.0 Å². The number of para-hydroxylation sites is 1. The summed E-state index contributed by atoms with van der Waals surface area (Å²) in [6.07, 6.45) is 1.09. The number of hydrogen-bond acceptors (Lipinski definition) is 7. The van der Waals surface area contributed by atoms with Crippen LogP contribution in [0.5, 0.6) is 11.8 Å². The largest absolute Gasteiger partial charge is 0.493 e. The maximum Gasteiger partial charge on any atom is 0.411 e. The highest BCUT2D eigenvalue weighted by atomic mass is 16.6. The van der Waals surface area contributed by atoms with Gasteiger partial charge in [-0.3, -0.25) is 4.90 Å². The number of carboxylic acid groups (broad SMARTS) is 1. The Morgan fingerprint density at radius 2 is 2.03 bits per heavy atom. The monoisotopic (exact) mass is 452 g/mol. The van der Waals surface area contributed by atoms with E-state index in [0.717, 1.165) is 18.4 Å². The SMILES string of the molecule is C[C@@H](c1cccc2c(-c3cc(O)nc(O)c3)c(C(=O)O)[nH]c12)N1CC2(CC(CN)C2)OC1=O. The highest BCUT2D eigenvalue weighted by molar-refractivity contribution is 6.08. The molecule has 2 aromatic heterocycles. The molecule has 10 heteroatoms. The fourth-order valence-electron chi connectivity index (χ4n) is 5.18. The average molecular weight is 452 g/mol. The van der Waals surface area contributed by atoms with Crippen LogP contribution in [0, 0.1) is 5.92 Å². The highest BCUT2D eigenvalue weighted by Crippen LogP contribution is 2.47. The van der Waals surface area contributed by atoms with Crippen LogP contribution >= 0.6 is 0 Å². The van der Waals surface area contributed by atoms with Gasteiger partial charge in [-0.25, -0.2) is 9.59 Å². The maximum atomic E-state index is 12.7. The number of nitrogens with zero attached hydrogens (tertiary/aromatic N) is 2. The quantitative estimate of drug-likeness (QED) is 0.395. The highest BCUT2D eigenvalue weighted by Gasteiger charge is 2.54. The van der Waals surface area contributed by atoms with Gasteiger partial charge in [-0.1, -0.05) is 18.2 Å². The molecule has 1 saturated heterocycles. The van der Waals surface area contributed by atoms with Crippen molar-refractivity contribution in [3.63, 3.8) is 0 Å². The van der Waals surface area contributed by atoms with Crippen molar-refractivity contribution in [2.24, 2.45) is 11.7 Å². The molecule has 172 valence electrons. The number of hydrogen-bond donors (Lipinski definition) is 5. The first kappa shape index (κ1) is 21.1. The number of H-pyrrole nitrogens is 1. The Morgan fingerprint density at radius 1 is 1.33 bits per heavy atom. The van der Waals surface area contributed by atoms with Crippen molar-refractivity contribution in [3.05, 3.63) is 41.6 Å².